The zero-order chi connectivity index (χ0) is 18.9. The minimum Gasteiger partial charge on any atom is -0.322 e. The van der Waals surface area contributed by atoms with Crippen LogP contribution in [0.3, 0.4) is 0 Å². The number of hydrogen-bond acceptors (Lipinski definition) is 2. The second-order valence-electron chi connectivity index (χ2n) is 7.82. The number of nitrogens with one attached hydrogen (secondary N) is 1. The number of fused-ring (bicyclic) bond motifs is 3. The average Bonchev–Trinajstić information content (AvgIpc) is 3.08. The van der Waals surface area contributed by atoms with Crippen molar-refractivity contribution in [3.05, 3.63) is 95.1 Å². The Balaban J connectivity index is 1.33. The lowest BCUT2D eigenvalue weighted by Crippen LogP contribution is -3.14. The molecule has 3 nitrogen and oxygen atoms in total. The van der Waals surface area contributed by atoms with E-state index >= 15 is 0 Å². The maximum atomic E-state index is 4.76. The first kappa shape index (κ1) is 17.2. The highest BCUT2D eigenvalue weighted by atomic mass is 15.5. The van der Waals surface area contributed by atoms with Gasteiger partial charge in [-0.05, 0) is 29.2 Å². The molecule has 3 aromatic rings. The molecular weight excluding hydrogens is 342 g/mol. The number of benzene rings is 3. The molecule has 0 radical (unpaired) electrons. The fraction of sp³-hybridized carbons (Fsp3) is 0.240. The van der Waals surface area contributed by atoms with Crippen LogP contribution in [0.2, 0.25) is 0 Å². The lowest BCUT2D eigenvalue weighted by Gasteiger charge is -2.34. The lowest BCUT2D eigenvalue weighted by molar-refractivity contribution is -0.929. The van der Waals surface area contributed by atoms with Gasteiger partial charge < -0.3 is 4.90 Å². The van der Waals surface area contributed by atoms with Gasteiger partial charge in [0.25, 0.3) is 0 Å². The molecule has 2 aliphatic rings. The zero-order valence-electron chi connectivity index (χ0n) is 16.3. The van der Waals surface area contributed by atoms with Crippen molar-refractivity contribution in [3.63, 3.8) is 0 Å². The molecule has 0 amide bonds. The molecule has 1 fully saturated rings. The molecule has 0 bridgehead atoms. The lowest BCUT2D eigenvalue weighted by atomic mass is 10.0. The molecule has 1 saturated heterocycles. The number of aryl methyl sites for hydroxylation is 1. The molecule has 3 heteroatoms. The van der Waals surface area contributed by atoms with Crippen LogP contribution >= 0.6 is 0 Å². The molecule has 1 aliphatic heterocycles. The number of piperazine rings is 1. The monoisotopic (exact) mass is 368 g/mol. The Hall–Kier alpha value is -2.91. The van der Waals surface area contributed by atoms with E-state index in [1.165, 1.54) is 33.4 Å². The van der Waals surface area contributed by atoms with E-state index in [2.05, 4.69) is 84.7 Å². The van der Waals surface area contributed by atoms with Gasteiger partial charge in [0.1, 0.15) is 6.04 Å². The van der Waals surface area contributed by atoms with Gasteiger partial charge in [0.2, 0.25) is 0 Å². The maximum Gasteiger partial charge on any atom is 0.140 e. The van der Waals surface area contributed by atoms with Gasteiger partial charge in [0.05, 0.1) is 32.4 Å². The normalized spacial score (nSPS) is 17.1. The topological polar surface area (TPSA) is 20.0 Å². The van der Waals surface area contributed by atoms with Crippen LogP contribution in [0.15, 0.2) is 77.9 Å². The quantitative estimate of drug-likeness (QED) is 0.703. The number of hydrogen-bond donors (Lipinski definition) is 1. The Morgan fingerprint density at radius 1 is 0.821 bits per heavy atom. The summed E-state index contributed by atoms with van der Waals surface area (Å²) in [4.78, 5) is 1.65. The smallest absolute Gasteiger partial charge is 0.140 e. The van der Waals surface area contributed by atoms with Gasteiger partial charge in [-0.25, -0.2) is 0 Å². The summed E-state index contributed by atoms with van der Waals surface area (Å²) in [6, 6.07) is 26.7. The highest BCUT2D eigenvalue weighted by Crippen LogP contribution is 2.41. The van der Waals surface area contributed by atoms with E-state index in [4.69, 9.17) is 5.10 Å². The Morgan fingerprint density at radius 3 is 2.04 bits per heavy atom. The van der Waals surface area contributed by atoms with Gasteiger partial charge in [-0.2, -0.15) is 5.10 Å². The summed E-state index contributed by atoms with van der Waals surface area (Å²) < 4.78 is 0. The number of quaternary nitrogens is 1. The molecule has 0 unspecified atom stereocenters. The third kappa shape index (κ3) is 3.02. The van der Waals surface area contributed by atoms with Crippen LogP contribution in [0.5, 0.6) is 0 Å². The SMILES string of the molecule is Cc1ccccc1/C=N\N1CC[NH+](C2c3ccccc3-c3ccccc32)CC1. The molecule has 1 heterocycles. The zero-order valence-corrected chi connectivity index (χ0v) is 16.3. The molecule has 1 aliphatic carbocycles. The molecule has 0 saturated carbocycles. The highest BCUT2D eigenvalue weighted by Gasteiger charge is 2.37. The Morgan fingerprint density at radius 2 is 1.39 bits per heavy atom. The van der Waals surface area contributed by atoms with Crippen LogP contribution in [-0.2, 0) is 0 Å². The van der Waals surface area contributed by atoms with Crippen molar-refractivity contribution in [1.82, 2.24) is 5.01 Å². The Kier molecular flexibility index (Phi) is 4.46. The molecule has 3 aromatic carbocycles. The molecule has 5 rings (SSSR count). The first-order valence-corrected chi connectivity index (χ1v) is 10.2. The van der Waals surface area contributed by atoms with E-state index in [-0.39, 0.29) is 0 Å². The van der Waals surface area contributed by atoms with Crippen molar-refractivity contribution < 1.29 is 4.90 Å². The van der Waals surface area contributed by atoms with E-state index in [0.717, 1.165) is 26.2 Å². The summed E-state index contributed by atoms with van der Waals surface area (Å²) in [6.07, 6.45) is 2.01. The van der Waals surface area contributed by atoms with Crippen LogP contribution in [-0.4, -0.2) is 37.4 Å². The summed E-state index contributed by atoms with van der Waals surface area (Å²) in [7, 11) is 0. The third-order valence-electron chi connectivity index (χ3n) is 6.17. The maximum absolute atomic E-state index is 4.76. The highest BCUT2D eigenvalue weighted by molar-refractivity contribution is 5.81. The van der Waals surface area contributed by atoms with E-state index in [0.29, 0.717) is 6.04 Å². The van der Waals surface area contributed by atoms with Crippen molar-refractivity contribution >= 4 is 6.21 Å². The average molecular weight is 369 g/mol. The summed E-state index contributed by atoms with van der Waals surface area (Å²) in [5.74, 6) is 0. The van der Waals surface area contributed by atoms with Crippen molar-refractivity contribution in [1.29, 1.82) is 0 Å². The van der Waals surface area contributed by atoms with Crippen LogP contribution < -0.4 is 4.90 Å². The predicted molar refractivity (Wildman–Crippen MR) is 115 cm³/mol. The van der Waals surface area contributed by atoms with Gasteiger partial charge in [-0.3, -0.25) is 5.01 Å². The van der Waals surface area contributed by atoms with E-state index in [9.17, 15) is 0 Å². The predicted octanol–water partition coefficient (Wildman–Crippen LogP) is 3.30. The van der Waals surface area contributed by atoms with Crippen LogP contribution in [0.4, 0.5) is 0 Å². The number of nitrogens with zero attached hydrogens (tertiary/aromatic N) is 2. The first-order chi connectivity index (χ1) is 13.8. The minimum atomic E-state index is 0.454. The van der Waals surface area contributed by atoms with Crippen molar-refractivity contribution in [2.75, 3.05) is 26.2 Å². The molecule has 0 atom stereocenters. The largest absolute Gasteiger partial charge is 0.322 e. The number of hydrazone groups is 1. The second kappa shape index (κ2) is 7.25. The third-order valence-corrected chi connectivity index (χ3v) is 6.17. The van der Waals surface area contributed by atoms with Crippen molar-refractivity contribution in [2.45, 2.75) is 13.0 Å². The molecule has 28 heavy (non-hydrogen) atoms. The standard InChI is InChI=1S/C25H25N3/c1-19-8-2-3-9-20(19)18-26-28-16-14-27(15-17-28)25-23-12-6-4-10-21(23)22-11-5-7-13-24(22)25/h2-13,18,25H,14-17H2,1H3/p+1/b26-18-. The molecule has 1 N–H and O–H groups in total. The molecule has 0 aromatic heterocycles. The van der Waals surface area contributed by atoms with Crippen molar-refractivity contribution in [2.24, 2.45) is 5.10 Å². The fourth-order valence-corrected chi connectivity index (χ4v) is 4.66. The van der Waals surface area contributed by atoms with Gasteiger partial charge >= 0.3 is 0 Å². The van der Waals surface area contributed by atoms with E-state index in [1.54, 1.807) is 4.90 Å². The van der Waals surface area contributed by atoms with Gasteiger partial charge in [-0.15, -0.1) is 0 Å². The summed E-state index contributed by atoms with van der Waals surface area (Å²) in [5.41, 5.74) is 8.27. The molecule has 140 valence electrons. The minimum absolute atomic E-state index is 0.454. The van der Waals surface area contributed by atoms with E-state index < -0.39 is 0 Å². The summed E-state index contributed by atoms with van der Waals surface area (Å²) >= 11 is 0. The van der Waals surface area contributed by atoms with Gasteiger partial charge in [-0.1, -0.05) is 72.8 Å². The Bertz CT molecular complexity index is 970. The molecule has 0 spiro atoms. The summed E-state index contributed by atoms with van der Waals surface area (Å²) in [6.45, 7) is 6.35. The van der Waals surface area contributed by atoms with Crippen LogP contribution in [0, 0.1) is 6.92 Å². The van der Waals surface area contributed by atoms with Gasteiger partial charge in [0, 0.05) is 11.1 Å². The van der Waals surface area contributed by atoms with Crippen LogP contribution in [0.25, 0.3) is 11.1 Å². The summed E-state index contributed by atoms with van der Waals surface area (Å²) in [5, 5.41) is 6.98. The van der Waals surface area contributed by atoms with Gasteiger partial charge in [0.15, 0.2) is 0 Å². The molecular formula is C25H26N3+. The first-order valence-electron chi connectivity index (χ1n) is 10.2. The van der Waals surface area contributed by atoms with Crippen molar-refractivity contribution in [3.8, 4) is 11.1 Å². The second-order valence-corrected chi connectivity index (χ2v) is 7.82. The Labute approximate surface area is 166 Å². The number of rotatable bonds is 3. The fourth-order valence-electron chi connectivity index (χ4n) is 4.66. The van der Waals surface area contributed by atoms with Crippen LogP contribution in [0.1, 0.15) is 28.3 Å². The van der Waals surface area contributed by atoms with E-state index in [1.807, 2.05) is 6.21 Å².